The third kappa shape index (κ3) is 5.84. The topological polar surface area (TPSA) is 58.6 Å². The molecule has 0 unspecified atom stereocenters. The predicted molar refractivity (Wildman–Crippen MR) is 111 cm³/mol. The third-order valence-corrected chi connectivity index (χ3v) is 4.81. The fourth-order valence-corrected chi connectivity index (χ4v) is 3.02. The van der Waals surface area contributed by atoms with Crippen LogP contribution in [0.4, 0.5) is 0 Å². The van der Waals surface area contributed by atoms with Crippen LogP contribution in [0.2, 0.25) is 0 Å². The van der Waals surface area contributed by atoms with Crippen molar-refractivity contribution >= 4 is 11.8 Å². The highest BCUT2D eigenvalue weighted by Gasteiger charge is 2.26. The van der Waals surface area contributed by atoms with Crippen molar-refractivity contribution in [3.05, 3.63) is 65.2 Å². The number of nitrogens with zero attached hydrogens (tertiary/aromatic N) is 1. The van der Waals surface area contributed by atoms with Crippen LogP contribution >= 0.6 is 0 Å². The van der Waals surface area contributed by atoms with Crippen molar-refractivity contribution in [2.45, 2.75) is 46.2 Å². The van der Waals surface area contributed by atoms with Crippen molar-refractivity contribution in [1.29, 1.82) is 0 Å². The summed E-state index contributed by atoms with van der Waals surface area (Å²) in [5.74, 6) is 0.519. The zero-order valence-electron chi connectivity index (χ0n) is 17.2. The van der Waals surface area contributed by atoms with E-state index in [2.05, 4.69) is 5.32 Å². The summed E-state index contributed by atoms with van der Waals surface area (Å²) in [6, 6.07) is 14.9. The van der Waals surface area contributed by atoms with Gasteiger partial charge in [0.25, 0.3) is 0 Å². The van der Waals surface area contributed by atoms with Crippen molar-refractivity contribution in [3.8, 4) is 5.75 Å². The molecule has 28 heavy (non-hydrogen) atoms. The van der Waals surface area contributed by atoms with Gasteiger partial charge in [0.2, 0.25) is 11.8 Å². The fourth-order valence-electron chi connectivity index (χ4n) is 3.02. The highest BCUT2D eigenvalue weighted by Crippen LogP contribution is 2.18. The van der Waals surface area contributed by atoms with Crippen molar-refractivity contribution in [2.75, 3.05) is 13.7 Å². The number of methoxy groups -OCH3 is 1. The van der Waals surface area contributed by atoms with Crippen LogP contribution in [0.1, 0.15) is 37.0 Å². The van der Waals surface area contributed by atoms with Gasteiger partial charge in [-0.05, 0) is 49.1 Å². The quantitative estimate of drug-likeness (QED) is 0.722. The number of amides is 2. The number of hydrogen-bond donors (Lipinski definition) is 1. The van der Waals surface area contributed by atoms with Crippen LogP contribution in [0.5, 0.6) is 5.75 Å². The zero-order chi connectivity index (χ0) is 20.5. The second-order valence-electron chi connectivity index (χ2n) is 6.94. The Labute approximate surface area is 167 Å². The Morgan fingerprint density at radius 3 is 2.57 bits per heavy atom. The molecule has 0 aliphatic heterocycles. The Morgan fingerprint density at radius 1 is 1.14 bits per heavy atom. The molecular weight excluding hydrogens is 352 g/mol. The third-order valence-electron chi connectivity index (χ3n) is 4.81. The highest BCUT2D eigenvalue weighted by molar-refractivity contribution is 5.88. The van der Waals surface area contributed by atoms with E-state index in [1.165, 1.54) is 0 Å². The summed E-state index contributed by atoms with van der Waals surface area (Å²) in [4.78, 5) is 27.4. The zero-order valence-corrected chi connectivity index (χ0v) is 17.2. The molecule has 5 nitrogen and oxygen atoms in total. The molecule has 150 valence electrons. The molecule has 1 N–H and O–H groups in total. The van der Waals surface area contributed by atoms with Gasteiger partial charge in [-0.15, -0.1) is 0 Å². The van der Waals surface area contributed by atoms with Crippen LogP contribution in [0, 0.1) is 6.92 Å². The van der Waals surface area contributed by atoms with Gasteiger partial charge in [-0.25, -0.2) is 0 Å². The lowest BCUT2D eigenvalue weighted by Gasteiger charge is -2.29. The molecule has 2 amide bonds. The van der Waals surface area contributed by atoms with Crippen LogP contribution in [0.15, 0.2) is 48.5 Å². The van der Waals surface area contributed by atoms with E-state index < -0.39 is 6.04 Å². The molecule has 0 bridgehead atoms. The van der Waals surface area contributed by atoms with Gasteiger partial charge in [-0.1, -0.05) is 43.3 Å². The summed E-state index contributed by atoms with van der Waals surface area (Å²) in [5.41, 5.74) is 2.97. The number of carbonyl (C=O) groups excluding carboxylic acids is 2. The van der Waals surface area contributed by atoms with E-state index in [1.807, 2.05) is 62.4 Å². The van der Waals surface area contributed by atoms with E-state index in [9.17, 15) is 9.59 Å². The molecule has 0 saturated heterocycles. The average molecular weight is 383 g/mol. The first-order valence-electron chi connectivity index (χ1n) is 9.70. The fraction of sp³-hybridized carbons (Fsp3) is 0.391. The summed E-state index contributed by atoms with van der Waals surface area (Å²) in [7, 11) is 1.61. The predicted octanol–water partition coefficient (Wildman–Crippen LogP) is 3.49. The van der Waals surface area contributed by atoms with E-state index in [0.717, 1.165) is 28.9 Å². The minimum absolute atomic E-state index is 0.0729. The summed E-state index contributed by atoms with van der Waals surface area (Å²) in [6.07, 6.45) is 1.12. The Hall–Kier alpha value is -2.82. The second kappa shape index (κ2) is 10.5. The van der Waals surface area contributed by atoms with E-state index in [0.29, 0.717) is 13.1 Å². The lowest BCUT2D eigenvalue weighted by molar-refractivity contribution is -0.140. The normalized spacial score (nSPS) is 11.6. The van der Waals surface area contributed by atoms with Gasteiger partial charge in [0.05, 0.1) is 13.5 Å². The van der Waals surface area contributed by atoms with Crippen molar-refractivity contribution in [3.63, 3.8) is 0 Å². The van der Waals surface area contributed by atoms with Gasteiger partial charge in [0.15, 0.2) is 0 Å². The van der Waals surface area contributed by atoms with Gasteiger partial charge < -0.3 is 15.0 Å². The SMILES string of the molecule is CCCNC(=O)[C@H](C)N(Cc1cccc(OC)c1)C(=O)Cc1ccccc1C. The van der Waals surface area contributed by atoms with Gasteiger partial charge >= 0.3 is 0 Å². The smallest absolute Gasteiger partial charge is 0.242 e. The number of nitrogens with one attached hydrogen (secondary N) is 1. The molecule has 0 heterocycles. The van der Waals surface area contributed by atoms with E-state index in [1.54, 1.807) is 18.9 Å². The summed E-state index contributed by atoms with van der Waals surface area (Å²) in [5, 5.41) is 2.89. The number of benzene rings is 2. The standard InChI is InChI=1S/C23H30N2O3/c1-5-13-24-23(27)18(3)25(16-19-10-8-12-21(14-19)28-4)22(26)15-20-11-7-6-9-17(20)2/h6-12,14,18H,5,13,15-16H2,1-4H3,(H,24,27)/t18-/m0/s1. The lowest BCUT2D eigenvalue weighted by atomic mass is 10.0. The molecule has 0 aliphatic rings. The summed E-state index contributed by atoms with van der Waals surface area (Å²) >= 11 is 0. The minimum atomic E-state index is -0.561. The molecule has 0 fully saturated rings. The molecular formula is C23H30N2O3. The van der Waals surface area contributed by atoms with Crippen LogP contribution in [-0.2, 0) is 22.6 Å². The average Bonchev–Trinajstić information content (AvgIpc) is 2.71. The number of carbonyl (C=O) groups is 2. The molecule has 2 aromatic rings. The largest absolute Gasteiger partial charge is 0.497 e. The van der Waals surface area contributed by atoms with E-state index >= 15 is 0 Å². The van der Waals surface area contributed by atoms with Crippen molar-refractivity contribution in [2.24, 2.45) is 0 Å². The van der Waals surface area contributed by atoms with Crippen LogP contribution in [0.25, 0.3) is 0 Å². The first-order valence-corrected chi connectivity index (χ1v) is 9.70. The van der Waals surface area contributed by atoms with Gasteiger partial charge in [-0.2, -0.15) is 0 Å². The van der Waals surface area contributed by atoms with Gasteiger partial charge in [-0.3, -0.25) is 9.59 Å². The van der Waals surface area contributed by atoms with Crippen LogP contribution < -0.4 is 10.1 Å². The van der Waals surface area contributed by atoms with Crippen LogP contribution in [0.3, 0.4) is 0 Å². The first-order chi connectivity index (χ1) is 13.5. The monoisotopic (exact) mass is 382 g/mol. The van der Waals surface area contributed by atoms with E-state index in [-0.39, 0.29) is 18.2 Å². The Morgan fingerprint density at radius 2 is 1.89 bits per heavy atom. The number of hydrogen-bond acceptors (Lipinski definition) is 3. The molecule has 0 aliphatic carbocycles. The van der Waals surface area contributed by atoms with Gasteiger partial charge in [0.1, 0.15) is 11.8 Å². The molecule has 0 spiro atoms. The van der Waals surface area contributed by atoms with Gasteiger partial charge in [0, 0.05) is 13.1 Å². The lowest BCUT2D eigenvalue weighted by Crippen LogP contribution is -2.48. The number of ether oxygens (including phenoxy) is 1. The maximum atomic E-state index is 13.2. The molecule has 1 atom stereocenters. The maximum absolute atomic E-state index is 13.2. The molecule has 2 aromatic carbocycles. The van der Waals surface area contributed by atoms with Crippen molar-refractivity contribution < 1.29 is 14.3 Å². The highest BCUT2D eigenvalue weighted by atomic mass is 16.5. The Balaban J connectivity index is 2.24. The first kappa shape index (κ1) is 21.5. The minimum Gasteiger partial charge on any atom is -0.497 e. The van der Waals surface area contributed by atoms with E-state index in [4.69, 9.17) is 4.74 Å². The maximum Gasteiger partial charge on any atom is 0.242 e. The molecule has 0 radical (unpaired) electrons. The molecule has 0 aromatic heterocycles. The van der Waals surface area contributed by atoms with Crippen molar-refractivity contribution in [1.82, 2.24) is 10.2 Å². The molecule has 5 heteroatoms. The summed E-state index contributed by atoms with van der Waals surface area (Å²) in [6.45, 7) is 6.72. The Bertz CT molecular complexity index is 804. The summed E-state index contributed by atoms with van der Waals surface area (Å²) < 4.78 is 5.29. The number of rotatable bonds is 9. The number of aryl methyl sites for hydroxylation is 1. The second-order valence-corrected chi connectivity index (χ2v) is 6.94. The molecule has 0 saturated carbocycles. The molecule has 2 rings (SSSR count). The van der Waals surface area contributed by atoms with Crippen LogP contribution in [-0.4, -0.2) is 36.4 Å². The Kier molecular flexibility index (Phi) is 8.05.